The van der Waals surface area contributed by atoms with E-state index >= 15 is 0 Å². The Morgan fingerprint density at radius 3 is 1.88 bits per heavy atom. The third-order valence-electron chi connectivity index (χ3n) is 6.61. The lowest BCUT2D eigenvalue weighted by Crippen LogP contribution is -2.42. The molecule has 0 spiro atoms. The first kappa shape index (κ1) is 17.3. The summed E-state index contributed by atoms with van der Waals surface area (Å²) < 4.78 is 0. The van der Waals surface area contributed by atoms with Gasteiger partial charge in [0.05, 0.1) is 5.71 Å². The van der Waals surface area contributed by atoms with E-state index in [0.717, 1.165) is 34.6 Å². The lowest BCUT2D eigenvalue weighted by Gasteiger charge is -2.50. The van der Waals surface area contributed by atoms with Gasteiger partial charge < -0.3 is 5.73 Å². The second-order valence-electron chi connectivity index (χ2n) is 9.01. The second kappa shape index (κ2) is 6.57. The molecular weight excluding hydrogens is 316 g/mol. The zero-order valence-electron chi connectivity index (χ0n) is 16.0. The molecule has 3 N–H and O–H groups in total. The van der Waals surface area contributed by atoms with E-state index in [4.69, 9.17) is 11.1 Å². The van der Waals surface area contributed by atoms with E-state index in [2.05, 4.69) is 38.1 Å². The van der Waals surface area contributed by atoms with Crippen LogP contribution in [0.5, 0.6) is 0 Å². The van der Waals surface area contributed by atoms with Crippen LogP contribution >= 0.6 is 0 Å². The van der Waals surface area contributed by atoms with Gasteiger partial charge in [0.1, 0.15) is 0 Å². The van der Waals surface area contributed by atoms with E-state index < -0.39 is 0 Å². The van der Waals surface area contributed by atoms with E-state index in [1.807, 2.05) is 24.3 Å². The molecule has 2 heteroatoms. The third-order valence-corrected chi connectivity index (χ3v) is 6.61. The zero-order chi connectivity index (χ0) is 18.3. The largest absolute Gasteiger partial charge is 0.399 e. The van der Waals surface area contributed by atoms with E-state index in [1.54, 1.807) is 0 Å². The molecule has 136 valence electrons. The molecule has 0 radical (unpaired) electrons. The highest BCUT2D eigenvalue weighted by Crippen LogP contribution is 2.53. The number of rotatable bonds is 3. The summed E-state index contributed by atoms with van der Waals surface area (Å²) in [4.78, 5) is 0. The Bertz CT molecular complexity index is 768. The van der Waals surface area contributed by atoms with E-state index in [9.17, 15) is 0 Å². The number of hydrogen-bond donors (Lipinski definition) is 2. The fourth-order valence-corrected chi connectivity index (χ4v) is 5.86. The van der Waals surface area contributed by atoms with Crippen LogP contribution < -0.4 is 5.73 Å². The first-order chi connectivity index (χ1) is 12.4. The number of nitrogen functional groups attached to an aromatic ring is 1. The van der Waals surface area contributed by atoms with Crippen LogP contribution in [0.3, 0.4) is 0 Å². The van der Waals surface area contributed by atoms with Crippen LogP contribution in [-0.2, 0) is 5.41 Å². The molecule has 2 aromatic carbocycles. The smallest absolute Gasteiger partial charge is 0.0684 e. The van der Waals surface area contributed by atoms with E-state index in [1.165, 1.54) is 37.7 Å². The molecule has 0 aliphatic heterocycles. The summed E-state index contributed by atoms with van der Waals surface area (Å²) in [5.74, 6) is 2.55. The van der Waals surface area contributed by atoms with E-state index in [0.29, 0.717) is 11.1 Å². The van der Waals surface area contributed by atoms with Gasteiger partial charge in [-0.1, -0.05) is 50.2 Å². The molecule has 2 aromatic rings. The predicted molar refractivity (Wildman–Crippen MR) is 110 cm³/mol. The van der Waals surface area contributed by atoms with Crippen LogP contribution in [-0.4, -0.2) is 5.71 Å². The number of anilines is 1. The standard InChI is InChI=1S/C24H30N2/c1-16-11-18-12-17(2)14-24(13-16,15-18)21-7-3-19(4-8-21)23(26)20-5-9-22(25)10-6-20/h3-10,16-18,26H,11-15,25H2,1-2H3. The van der Waals surface area contributed by atoms with Crippen molar-refractivity contribution in [2.45, 2.75) is 51.4 Å². The van der Waals surface area contributed by atoms with Crippen molar-refractivity contribution in [3.05, 3.63) is 65.2 Å². The van der Waals surface area contributed by atoms with E-state index in [-0.39, 0.29) is 0 Å². The van der Waals surface area contributed by atoms with Gasteiger partial charge in [-0.15, -0.1) is 0 Å². The normalized spacial score (nSPS) is 30.8. The van der Waals surface area contributed by atoms with Gasteiger partial charge in [-0.2, -0.15) is 0 Å². The van der Waals surface area contributed by atoms with Gasteiger partial charge in [-0.3, -0.25) is 5.41 Å². The van der Waals surface area contributed by atoms with Crippen LogP contribution in [0.1, 0.15) is 62.6 Å². The lowest BCUT2D eigenvalue weighted by molar-refractivity contribution is 0.0780. The number of nitrogens with two attached hydrogens (primary N) is 1. The maximum atomic E-state index is 8.52. The first-order valence-corrected chi connectivity index (χ1v) is 10.0. The molecule has 2 aliphatic carbocycles. The van der Waals surface area contributed by atoms with Gasteiger partial charge in [0.25, 0.3) is 0 Å². The van der Waals surface area contributed by atoms with Crippen molar-refractivity contribution < 1.29 is 0 Å². The Kier molecular flexibility index (Phi) is 4.38. The van der Waals surface area contributed by atoms with Crippen LogP contribution in [0.2, 0.25) is 0 Å². The fourth-order valence-electron chi connectivity index (χ4n) is 5.86. The molecule has 2 fully saturated rings. The molecule has 0 saturated heterocycles. The Balaban J connectivity index is 1.61. The van der Waals surface area contributed by atoms with Crippen LogP contribution in [0.15, 0.2) is 48.5 Å². The minimum Gasteiger partial charge on any atom is -0.399 e. The molecule has 2 bridgehead atoms. The van der Waals surface area contributed by atoms with Crippen LogP contribution in [0, 0.1) is 23.2 Å². The molecule has 2 atom stereocenters. The molecule has 2 aliphatic rings. The average molecular weight is 347 g/mol. The molecule has 26 heavy (non-hydrogen) atoms. The Morgan fingerprint density at radius 1 is 0.846 bits per heavy atom. The van der Waals surface area contributed by atoms with Crippen molar-refractivity contribution in [2.75, 3.05) is 5.73 Å². The number of hydrogen-bond acceptors (Lipinski definition) is 2. The summed E-state index contributed by atoms with van der Waals surface area (Å²) in [6, 6.07) is 16.5. The van der Waals surface area contributed by atoms with Crippen molar-refractivity contribution in [3.8, 4) is 0 Å². The Morgan fingerprint density at radius 2 is 1.35 bits per heavy atom. The summed E-state index contributed by atoms with van der Waals surface area (Å²) in [5.41, 5.74) is 10.8. The fraction of sp³-hybridized carbons (Fsp3) is 0.458. The van der Waals surface area contributed by atoms with Gasteiger partial charge in [0.2, 0.25) is 0 Å². The van der Waals surface area contributed by atoms with Crippen molar-refractivity contribution in [1.82, 2.24) is 0 Å². The highest BCUT2D eigenvalue weighted by atomic mass is 14.5. The maximum Gasteiger partial charge on any atom is 0.0684 e. The van der Waals surface area contributed by atoms with Gasteiger partial charge in [0, 0.05) is 16.8 Å². The van der Waals surface area contributed by atoms with Crippen molar-refractivity contribution in [3.63, 3.8) is 0 Å². The highest BCUT2D eigenvalue weighted by molar-refractivity contribution is 6.10. The molecule has 0 aromatic heterocycles. The molecule has 4 rings (SSSR count). The monoisotopic (exact) mass is 346 g/mol. The molecule has 2 saturated carbocycles. The van der Waals surface area contributed by atoms with Crippen molar-refractivity contribution in [1.29, 1.82) is 5.41 Å². The third kappa shape index (κ3) is 3.18. The molecular formula is C24H30N2. The first-order valence-electron chi connectivity index (χ1n) is 10.0. The summed E-state index contributed by atoms with van der Waals surface area (Å²) >= 11 is 0. The number of fused-ring (bicyclic) bond motifs is 2. The Labute approximate surface area is 157 Å². The van der Waals surface area contributed by atoms with Gasteiger partial charge in [0.15, 0.2) is 0 Å². The van der Waals surface area contributed by atoms with Crippen LogP contribution in [0.25, 0.3) is 0 Å². The molecule has 0 heterocycles. The minimum atomic E-state index is 0.363. The van der Waals surface area contributed by atoms with Gasteiger partial charge in [-0.25, -0.2) is 0 Å². The highest BCUT2D eigenvalue weighted by Gasteiger charge is 2.45. The molecule has 2 nitrogen and oxygen atoms in total. The number of nitrogens with one attached hydrogen (secondary N) is 1. The summed E-state index contributed by atoms with van der Waals surface area (Å²) in [5, 5.41) is 8.52. The predicted octanol–water partition coefficient (Wildman–Crippen LogP) is 5.79. The summed E-state index contributed by atoms with van der Waals surface area (Å²) in [6.45, 7) is 4.87. The summed E-state index contributed by atoms with van der Waals surface area (Å²) in [7, 11) is 0. The van der Waals surface area contributed by atoms with Gasteiger partial charge >= 0.3 is 0 Å². The topological polar surface area (TPSA) is 49.9 Å². The molecule has 0 amide bonds. The quantitative estimate of drug-likeness (QED) is 0.536. The maximum absolute atomic E-state index is 8.52. The minimum absolute atomic E-state index is 0.363. The van der Waals surface area contributed by atoms with Crippen LogP contribution in [0.4, 0.5) is 5.69 Å². The zero-order valence-corrected chi connectivity index (χ0v) is 16.0. The van der Waals surface area contributed by atoms with Crippen molar-refractivity contribution in [2.24, 2.45) is 17.8 Å². The SMILES string of the molecule is CC1CC2CC(C)CC(c3ccc(C(=N)c4ccc(N)cc4)cc3)(C1)C2. The lowest BCUT2D eigenvalue weighted by atomic mass is 9.54. The summed E-state index contributed by atoms with van der Waals surface area (Å²) in [6.07, 6.45) is 6.82. The Hall–Kier alpha value is -2.09. The second-order valence-corrected chi connectivity index (χ2v) is 9.01. The average Bonchev–Trinajstić information content (AvgIpc) is 2.60. The number of benzene rings is 2. The molecule has 2 unspecified atom stereocenters. The van der Waals surface area contributed by atoms with Gasteiger partial charge in [-0.05, 0) is 73.0 Å². The van der Waals surface area contributed by atoms with Crippen molar-refractivity contribution >= 4 is 11.4 Å².